The molecular weight excluding hydrogens is 245 g/mol. The molecule has 0 fully saturated rings. The van der Waals surface area contributed by atoms with Crippen LogP contribution in [0.25, 0.3) is 0 Å². The van der Waals surface area contributed by atoms with Gasteiger partial charge in [-0.25, -0.2) is 0 Å². The zero-order chi connectivity index (χ0) is 12.2. The van der Waals surface area contributed by atoms with Gasteiger partial charge in [-0.15, -0.1) is 0 Å². The Bertz CT molecular complexity index is 142. The number of hydrogen-bond donors (Lipinski definition) is 0. The van der Waals surface area contributed by atoms with E-state index in [1.54, 1.807) is 0 Å². The summed E-state index contributed by atoms with van der Waals surface area (Å²) in [5, 5.41) is 0. The van der Waals surface area contributed by atoms with Crippen LogP contribution in [-0.4, -0.2) is 47.8 Å². The van der Waals surface area contributed by atoms with Gasteiger partial charge >= 0.3 is 103 Å². The average Bonchev–Trinajstić information content (AvgIpc) is 2.01. The molecule has 0 radical (unpaired) electrons. The van der Waals surface area contributed by atoms with Crippen molar-refractivity contribution < 1.29 is 2.85 Å². The van der Waals surface area contributed by atoms with Crippen LogP contribution in [-0.2, 0) is 0 Å². The van der Waals surface area contributed by atoms with Crippen molar-refractivity contribution in [3.05, 3.63) is 0 Å². The van der Waals surface area contributed by atoms with Gasteiger partial charge in [0, 0.05) is 0 Å². The summed E-state index contributed by atoms with van der Waals surface area (Å²) in [6.45, 7) is 18.6. The van der Waals surface area contributed by atoms with Crippen LogP contribution >= 0.6 is 0 Å². The van der Waals surface area contributed by atoms with E-state index in [2.05, 4.69) is 63.1 Å². The molecule has 0 unspecified atom stereocenters. The third-order valence-corrected chi connectivity index (χ3v) is 10.5. The molecule has 96 valence electrons. The Morgan fingerprint density at radius 1 is 0.600 bits per heavy atom. The predicted molar refractivity (Wildman–Crippen MR) is 75.0 cm³/mol. The van der Waals surface area contributed by atoms with E-state index in [1.807, 2.05) is 0 Å². The van der Waals surface area contributed by atoms with Crippen LogP contribution in [0, 0.1) is 0 Å². The van der Waals surface area contributed by atoms with E-state index in [-0.39, 0.29) is 2.85 Å². The van der Waals surface area contributed by atoms with Crippen LogP contribution in [0.15, 0.2) is 0 Å². The summed E-state index contributed by atoms with van der Waals surface area (Å²) < 4.78 is 5.46. The van der Waals surface area contributed by atoms with Gasteiger partial charge in [0.1, 0.15) is 0 Å². The molecule has 0 amide bonds. The van der Waals surface area contributed by atoms with Crippen molar-refractivity contribution >= 4 is 15.9 Å². The molecule has 0 spiro atoms. The smallest absolute Gasteiger partial charge is 1.00 e. The Labute approximate surface area is 106 Å². The normalized spacial score (nSPS) is 13.2. The summed E-state index contributed by atoms with van der Waals surface area (Å²) in [7, 11) is 0. The Morgan fingerprint density at radius 3 is 0.933 bits per heavy atom. The quantitative estimate of drug-likeness (QED) is 0.688. The van der Waals surface area contributed by atoms with E-state index in [0.717, 1.165) is 0 Å². The minimum Gasteiger partial charge on any atom is -1.00 e. The first-order chi connectivity index (χ1) is 6.77. The van der Waals surface area contributed by atoms with Gasteiger partial charge in [0.05, 0.1) is 0 Å². The minimum absolute atomic E-state index is 0. The molecule has 0 rings (SSSR count). The van der Waals surface area contributed by atoms with Crippen molar-refractivity contribution in [1.82, 2.24) is 7.71 Å². The molecule has 0 atom stereocenters. The molecule has 0 aromatic heterocycles. The zero-order valence-corrected chi connectivity index (χ0v) is 14.9. The predicted octanol–water partition coefficient (Wildman–Crippen LogP) is 2.45. The zero-order valence-electron chi connectivity index (χ0n) is 13.9. The van der Waals surface area contributed by atoms with Gasteiger partial charge < -0.3 is 2.85 Å². The Hall–Kier alpha value is 0.463. The number of rotatable bonds is 6. The van der Waals surface area contributed by atoms with Crippen molar-refractivity contribution in [2.75, 3.05) is 0 Å². The second-order valence-electron chi connectivity index (χ2n) is 5.54. The van der Waals surface area contributed by atoms with E-state index in [4.69, 9.17) is 0 Å². The fourth-order valence-electron chi connectivity index (χ4n) is 2.03. The molecule has 15 heavy (non-hydrogen) atoms. The largest absolute Gasteiger partial charge is 1.00 e. The molecule has 0 aromatic rings. The van der Waals surface area contributed by atoms with Crippen molar-refractivity contribution in [2.24, 2.45) is 0 Å². The maximum Gasteiger partial charge on any atom is -1.00 e. The van der Waals surface area contributed by atoms with Crippen LogP contribution < -0.4 is 0 Å². The second-order valence-corrected chi connectivity index (χ2v) is 9.20. The molecular formula is C12H32GeN2-2. The summed E-state index contributed by atoms with van der Waals surface area (Å²) in [4.78, 5) is 0. The van der Waals surface area contributed by atoms with Gasteiger partial charge in [0.25, 0.3) is 0 Å². The summed E-state index contributed by atoms with van der Waals surface area (Å²) >= 11 is -0.759. The fraction of sp³-hybridized carbons (Fsp3) is 1.00. The number of hydrogen-bond acceptors (Lipinski definition) is 2. The average molecular weight is 277 g/mol. The summed E-state index contributed by atoms with van der Waals surface area (Å²) in [6, 6.07) is 2.80. The van der Waals surface area contributed by atoms with Crippen molar-refractivity contribution in [1.29, 1.82) is 0 Å². The number of nitrogens with zero attached hydrogens (tertiary/aromatic N) is 2. The van der Waals surface area contributed by atoms with Crippen LogP contribution in [0.2, 0.25) is 0 Å². The van der Waals surface area contributed by atoms with Gasteiger partial charge in [0.2, 0.25) is 0 Å². The maximum absolute atomic E-state index is 2.73. The standard InChI is InChI=1S/C12H30GeN2.2H/c1-9(2)14(10(3)4)13-15(11(5)6)12(7)8;;/h9-12H,13H2,1-8H3;;/q;2*-1. The molecule has 0 aliphatic carbocycles. The Balaban J connectivity index is -0.000000980. The van der Waals surface area contributed by atoms with E-state index in [9.17, 15) is 0 Å². The second kappa shape index (κ2) is 6.92. The van der Waals surface area contributed by atoms with Gasteiger partial charge in [-0.05, 0) is 0 Å². The van der Waals surface area contributed by atoms with Gasteiger partial charge in [-0.1, -0.05) is 0 Å². The SMILES string of the molecule is CC(C)[N]([GeH2][N](C(C)C)C(C)C)C(C)C.[H-].[H-]. The van der Waals surface area contributed by atoms with Gasteiger partial charge in [-0.2, -0.15) is 0 Å². The molecule has 0 aromatic carbocycles. The topological polar surface area (TPSA) is 6.48 Å². The van der Waals surface area contributed by atoms with Gasteiger partial charge in [-0.3, -0.25) is 0 Å². The fourth-order valence-corrected chi connectivity index (χ4v) is 5.57. The Kier molecular flexibility index (Phi) is 7.13. The van der Waals surface area contributed by atoms with Crippen LogP contribution in [0.3, 0.4) is 0 Å². The molecule has 0 N–H and O–H groups in total. The third kappa shape index (κ3) is 5.36. The monoisotopic (exact) mass is 278 g/mol. The Morgan fingerprint density at radius 2 is 0.800 bits per heavy atom. The summed E-state index contributed by atoms with van der Waals surface area (Å²) in [5.41, 5.74) is 0. The van der Waals surface area contributed by atoms with E-state index >= 15 is 0 Å². The molecule has 0 aliphatic heterocycles. The van der Waals surface area contributed by atoms with Crippen LogP contribution in [0.1, 0.15) is 58.2 Å². The molecule has 0 saturated carbocycles. The molecule has 0 aliphatic rings. The van der Waals surface area contributed by atoms with E-state index in [1.165, 1.54) is 0 Å². The molecule has 0 heterocycles. The molecule has 0 bridgehead atoms. The van der Waals surface area contributed by atoms with Crippen molar-refractivity contribution in [2.45, 2.75) is 79.6 Å². The van der Waals surface area contributed by atoms with E-state index < -0.39 is 15.9 Å². The minimum atomic E-state index is -0.759. The first-order valence-corrected chi connectivity index (χ1v) is 8.94. The first kappa shape index (κ1) is 15.5. The van der Waals surface area contributed by atoms with Gasteiger partial charge in [0.15, 0.2) is 0 Å². The van der Waals surface area contributed by atoms with Crippen LogP contribution in [0.5, 0.6) is 0 Å². The van der Waals surface area contributed by atoms with Crippen LogP contribution in [0.4, 0.5) is 0 Å². The summed E-state index contributed by atoms with van der Waals surface area (Å²) in [6.07, 6.45) is 0. The first-order valence-electron chi connectivity index (χ1n) is 6.28. The third-order valence-electron chi connectivity index (χ3n) is 2.98. The molecule has 3 heteroatoms. The summed E-state index contributed by atoms with van der Waals surface area (Å²) in [5.74, 6) is 0. The molecule has 2 nitrogen and oxygen atoms in total. The molecule has 0 saturated heterocycles. The van der Waals surface area contributed by atoms with E-state index in [0.29, 0.717) is 24.2 Å². The maximum atomic E-state index is 2.73. The van der Waals surface area contributed by atoms with Crippen molar-refractivity contribution in [3.8, 4) is 0 Å². The van der Waals surface area contributed by atoms with Crippen molar-refractivity contribution in [3.63, 3.8) is 0 Å².